The second kappa shape index (κ2) is 13.7. The van der Waals surface area contributed by atoms with E-state index in [1.54, 1.807) is 18.6 Å². The molecule has 1 saturated heterocycles. The third-order valence-electron chi connectivity index (χ3n) is 8.64. The molecule has 3 heterocycles. The van der Waals surface area contributed by atoms with Crippen molar-refractivity contribution < 1.29 is 37.0 Å². The molecule has 14 heteroatoms. The lowest BCUT2D eigenvalue weighted by Gasteiger charge is -2.33. The van der Waals surface area contributed by atoms with E-state index in [0.717, 1.165) is 37.8 Å². The van der Waals surface area contributed by atoms with E-state index in [-0.39, 0.29) is 30.0 Å². The highest BCUT2D eigenvalue weighted by Crippen LogP contribution is 2.39. The molecule has 242 valence electrons. The van der Waals surface area contributed by atoms with Crippen LogP contribution in [0.5, 0.6) is 0 Å². The minimum Gasteiger partial charge on any atom is -0.481 e. The Labute approximate surface area is 262 Å². The van der Waals surface area contributed by atoms with Gasteiger partial charge in [-0.05, 0) is 80.7 Å². The summed E-state index contributed by atoms with van der Waals surface area (Å²) in [5.41, 5.74) is 2.21. The topological polar surface area (TPSA) is 109 Å². The molecule has 1 saturated carbocycles. The Hall–Kier alpha value is -3.81. The van der Waals surface area contributed by atoms with Crippen molar-refractivity contribution in [1.29, 1.82) is 0 Å². The van der Waals surface area contributed by atoms with E-state index in [9.17, 15) is 27.2 Å². The number of amides is 1. The molecule has 3 aromatic rings. The van der Waals surface area contributed by atoms with Gasteiger partial charge >= 0.3 is 18.2 Å². The van der Waals surface area contributed by atoms with Gasteiger partial charge in [-0.25, -0.2) is 24.1 Å². The zero-order valence-corrected chi connectivity index (χ0v) is 25.8. The van der Waals surface area contributed by atoms with Gasteiger partial charge in [0.1, 0.15) is 29.9 Å². The van der Waals surface area contributed by atoms with E-state index < -0.39 is 42.6 Å². The first-order chi connectivity index (χ1) is 21.5. The predicted octanol–water partition coefficient (Wildman–Crippen LogP) is 7.28. The number of nitrogens with zero attached hydrogens (tertiary/aromatic N) is 5. The van der Waals surface area contributed by atoms with Crippen LogP contribution in [0.2, 0.25) is 0 Å². The second-order valence-corrected chi connectivity index (χ2v) is 12.4. The van der Waals surface area contributed by atoms with Crippen LogP contribution in [0.15, 0.2) is 35.3 Å². The minimum atomic E-state index is -4.69. The Kier molecular flexibility index (Phi) is 9.90. The van der Waals surface area contributed by atoms with Crippen molar-refractivity contribution in [3.05, 3.63) is 57.7 Å². The molecule has 2 aliphatic rings. The number of rotatable bonds is 11. The van der Waals surface area contributed by atoms with Gasteiger partial charge in [0.25, 0.3) is 0 Å². The Morgan fingerprint density at radius 2 is 1.87 bits per heavy atom. The molecule has 0 bridgehead atoms. The Morgan fingerprint density at radius 3 is 2.49 bits per heavy atom. The van der Waals surface area contributed by atoms with Gasteiger partial charge in [-0.2, -0.15) is 13.2 Å². The van der Waals surface area contributed by atoms with Crippen molar-refractivity contribution in [2.45, 2.75) is 77.5 Å². The Morgan fingerprint density at radius 1 is 1.13 bits per heavy atom. The van der Waals surface area contributed by atoms with Gasteiger partial charge < -0.3 is 14.7 Å². The first kappa shape index (κ1) is 32.6. The zero-order chi connectivity index (χ0) is 32.3. The number of halogens is 4. The van der Waals surface area contributed by atoms with Crippen molar-refractivity contribution in [3.63, 3.8) is 0 Å². The summed E-state index contributed by atoms with van der Waals surface area (Å²) in [4.78, 5) is 41.8. The number of thiazole rings is 1. The van der Waals surface area contributed by atoms with E-state index in [1.807, 2.05) is 12.3 Å². The molecule has 1 aliphatic heterocycles. The van der Waals surface area contributed by atoms with Crippen molar-refractivity contribution in [2.75, 3.05) is 18.0 Å². The lowest BCUT2D eigenvalue weighted by Crippen LogP contribution is -2.36. The van der Waals surface area contributed by atoms with Gasteiger partial charge in [0.15, 0.2) is 5.82 Å². The van der Waals surface area contributed by atoms with Crippen LogP contribution in [-0.2, 0) is 28.9 Å². The molecule has 1 aliphatic carbocycles. The number of anilines is 1. The maximum absolute atomic E-state index is 13.6. The van der Waals surface area contributed by atoms with Crippen LogP contribution in [0.4, 0.5) is 28.2 Å². The zero-order valence-electron chi connectivity index (χ0n) is 25.0. The number of benzene rings is 1. The number of hydrogen-bond acceptors (Lipinski definition) is 8. The SMILES string of the molecule is CCN(CC1CCC(CC(=O)O)CC1)c1ncc(-c2cscn2)nc1CN1C(=O)OC(c2cc(CF)cc(C(F)(F)F)c2)[C@@H]1C. The molecule has 2 fully saturated rings. The molecule has 45 heavy (non-hydrogen) atoms. The lowest BCUT2D eigenvalue weighted by molar-refractivity contribution is -0.139. The van der Waals surface area contributed by atoms with E-state index >= 15 is 0 Å². The quantitative estimate of drug-likeness (QED) is 0.216. The highest BCUT2D eigenvalue weighted by atomic mass is 32.1. The molecule has 9 nitrogen and oxygen atoms in total. The molecule has 2 aromatic heterocycles. The summed E-state index contributed by atoms with van der Waals surface area (Å²) in [7, 11) is 0. The van der Waals surface area contributed by atoms with Crippen LogP contribution in [0, 0.1) is 11.8 Å². The normalized spacial score (nSPS) is 22.0. The highest BCUT2D eigenvalue weighted by Gasteiger charge is 2.42. The van der Waals surface area contributed by atoms with Crippen LogP contribution in [0.3, 0.4) is 0 Å². The van der Waals surface area contributed by atoms with Crippen molar-refractivity contribution in [3.8, 4) is 11.4 Å². The number of aliphatic carboxylic acids is 1. The third-order valence-corrected chi connectivity index (χ3v) is 9.23. The van der Waals surface area contributed by atoms with Gasteiger partial charge in [0.05, 0.1) is 29.9 Å². The van der Waals surface area contributed by atoms with E-state index in [4.69, 9.17) is 19.8 Å². The van der Waals surface area contributed by atoms with Crippen molar-refractivity contribution in [1.82, 2.24) is 19.9 Å². The first-order valence-electron chi connectivity index (χ1n) is 14.9. The molecule has 0 spiro atoms. The molecule has 1 amide bonds. The van der Waals surface area contributed by atoms with Gasteiger partial charge in [0, 0.05) is 24.9 Å². The summed E-state index contributed by atoms with van der Waals surface area (Å²) in [6.07, 6.45) is -1.18. The summed E-state index contributed by atoms with van der Waals surface area (Å²) in [5.74, 6) is 0.302. The number of cyclic esters (lactones) is 1. The number of hydrogen-bond donors (Lipinski definition) is 1. The maximum Gasteiger partial charge on any atom is 0.416 e. The average Bonchev–Trinajstić information content (AvgIpc) is 3.65. The second-order valence-electron chi connectivity index (χ2n) is 11.7. The van der Waals surface area contributed by atoms with E-state index in [0.29, 0.717) is 41.9 Å². The molecule has 0 radical (unpaired) electrons. The number of carboxylic acid groups (broad SMARTS) is 1. The standard InChI is InChI=1S/C31H35F4N5O4S/c1-3-39(14-20-6-4-19(5-7-20)10-27(41)42)29-25(38-24(13-36-29)26-16-45-17-37-26)15-40-18(2)28(44-30(40)43)22-8-21(12-32)9-23(11-22)31(33,34)35/h8-9,11,13,16-20,28H,3-7,10,12,14-15H2,1-2H3,(H,41,42)/t18-,19?,20?,28?/m0/s1. The maximum atomic E-state index is 13.6. The summed E-state index contributed by atoms with van der Waals surface area (Å²) < 4.78 is 59.8. The number of carbonyl (C=O) groups excluding carboxylic acids is 1. The smallest absolute Gasteiger partial charge is 0.416 e. The van der Waals surface area contributed by atoms with Gasteiger partial charge in [-0.1, -0.05) is 0 Å². The predicted molar refractivity (Wildman–Crippen MR) is 159 cm³/mol. The van der Waals surface area contributed by atoms with Crippen molar-refractivity contribution in [2.24, 2.45) is 11.8 Å². The molecule has 2 atom stereocenters. The number of carbonyl (C=O) groups is 2. The highest BCUT2D eigenvalue weighted by molar-refractivity contribution is 7.07. The molecular weight excluding hydrogens is 614 g/mol. The van der Waals surface area contributed by atoms with Crippen LogP contribution >= 0.6 is 11.3 Å². The van der Waals surface area contributed by atoms with Crippen LogP contribution in [0.1, 0.15) is 74.4 Å². The molecule has 1 N–H and O–H groups in total. The average molecular weight is 650 g/mol. The Balaban J connectivity index is 1.41. The molecule has 1 unspecified atom stereocenters. The first-order valence-corrected chi connectivity index (χ1v) is 15.9. The van der Waals surface area contributed by atoms with Crippen LogP contribution in [-0.4, -0.2) is 56.2 Å². The monoisotopic (exact) mass is 649 g/mol. The Bertz CT molecular complexity index is 1500. The number of ether oxygens (including phenoxy) is 1. The van der Waals surface area contributed by atoms with Gasteiger partial charge in [0.2, 0.25) is 0 Å². The number of aromatic nitrogens is 3. The summed E-state index contributed by atoms with van der Waals surface area (Å²) in [5, 5.41) is 11.0. The van der Waals surface area contributed by atoms with E-state index in [2.05, 4.69) is 9.88 Å². The summed E-state index contributed by atoms with van der Waals surface area (Å²) in [6.45, 7) is 3.84. The number of carboxylic acids is 1. The third kappa shape index (κ3) is 7.54. The summed E-state index contributed by atoms with van der Waals surface area (Å²) >= 11 is 1.40. The van der Waals surface area contributed by atoms with E-state index in [1.165, 1.54) is 22.3 Å². The minimum absolute atomic E-state index is 0.0202. The molecular formula is C31H35F4N5O4S. The molecule has 1 aromatic carbocycles. The largest absolute Gasteiger partial charge is 0.481 e. The molecule has 5 rings (SSSR count). The fourth-order valence-corrected chi connectivity index (χ4v) is 6.79. The van der Waals surface area contributed by atoms with Gasteiger partial charge in [-0.15, -0.1) is 11.3 Å². The number of alkyl halides is 4. The van der Waals surface area contributed by atoms with Crippen molar-refractivity contribution >= 4 is 29.2 Å². The van der Waals surface area contributed by atoms with Gasteiger partial charge in [-0.3, -0.25) is 9.69 Å². The summed E-state index contributed by atoms with van der Waals surface area (Å²) in [6, 6.07) is 2.26. The van der Waals surface area contributed by atoms with Crippen LogP contribution < -0.4 is 4.90 Å². The fourth-order valence-electron chi connectivity index (χ4n) is 6.24. The van der Waals surface area contributed by atoms with Crippen LogP contribution in [0.25, 0.3) is 11.4 Å². The lowest BCUT2D eigenvalue weighted by atomic mass is 9.80. The fraction of sp³-hybridized carbons (Fsp3) is 0.516.